The van der Waals surface area contributed by atoms with Crippen molar-refractivity contribution in [3.8, 4) is 0 Å². The molecule has 2 nitrogen and oxygen atoms in total. The molecular weight excluding hydrogens is 385 g/mol. The molecule has 0 aliphatic heterocycles. The molecular formula is C13H8AuO2. The van der Waals surface area contributed by atoms with Crippen LogP contribution in [0.2, 0.25) is 0 Å². The molecule has 3 aromatic rings. The quantitative estimate of drug-likeness (QED) is 0.435. The zero-order valence-corrected chi connectivity index (χ0v) is 10.4. The molecule has 0 spiro atoms. The van der Waals surface area contributed by atoms with Gasteiger partial charge in [0.1, 0.15) is 11.2 Å². The molecule has 16 heavy (non-hydrogen) atoms. The SMILES string of the molecule is O=c1c2ccccc2oc2ccccc12.[Au]. The van der Waals surface area contributed by atoms with Crippen molar-refractivity contribution in [1.29, 1.82) is 0 Å². The molecule has 2 aromatic carbocycles. The normalized spacial score (nSPS) is 10.2. The van der Waals surface area contributed by atoms with Gasteiger partial charge in [-0.3, -0.25) is 4.79 Å². The maximum Gasteiger partial charge on any atom is 0.200 e. The van der Waals surface area contributed by atoms with E-state index in [-0.39, 0.29) is 27.8 Å². The van der Waals surface area contributed by atoms with Crippen LogP contribution in [-0.2, 0) is 22.4 Å². The van der Waals surface area contributed by atoms with Crippen molar-refractivity contribution in [2.45, 2.75) is 0 Å². The smallest absolute Gasteiger partial charge is 0.200 e. The van der Waals surface area contributed by atoms with Crippen LogP contribution in [0.25, 0.3) is 21.9 Å². The minimum atomic E-state index is 0. The van der Waals surface area contributed by atoms with Crippen molar-refractivity contribution in [2.75, 3.05) is 0 Å². The molecule has 1 aromatic heterocycles. The summed E-state index contributed by atoms with van der Waals surface area (Å²) in [6.45, 7) is 0. The first kappa shape index (κ1) is 11.1. The van der Waals surface area contributed by atoms with Gasteiger partial charge in [-0.15, -0.1) is 0 Å². The summed E-state index contributed by atoms with van der Waals surface area (Å²) in [6, 6.07) is 14.6. The Morgan fingerprint density at radius 2 is 1.19 bits per heavy atom. The van der Waals surface area contributed by atoms with E-state index in [1.807, 2.05) is 36.4 Å². The summed E-state index contributed by atoms with van der Waals surface area (Å²) in [5.41, 5.74) is 1.31. The first-order chi connectivity index (χ1) is 7.36. The van der Waals surface area contributed by atoms with Gasteiger partial charge in [-0.1, -0.05) is 24.3 Å². The fourth-order valence-corrected chi connectivity index (χ4v) is 1.75. The van der Waals surface area contributed by atoms with E-state index >= 15 is 0 Å². The largest absolute Gasteiger partial charge is 0.456 e. The van der Waals surface area contributed by atoms with Crippen LogP contribution in [0, 0.1) is 0 Å². The Morgan fingerprint density at radius 1 is 0.750 bits per heavy atom. The van der Waals surface area contributed by atoms with E-state index in [9.17, 15) is 4.79 Å². The molecule has 3 rings (SSSR count). The Morgan fingerprint density at radius 3 is 1.69 bits per heavy atom. The topological polar surface area (TPSA) is 30.2 Å². The molecule has 0 fully saturated rings. The van der Waals surface area contributed by atoms with Crippen molar-refractivity contribution >= 4 is 21.9 Å². The van der Waals surface area contributed by atoms with Gasteiger partial charge < -0.3 is 4.42 Å². The number of fused-ring (bicyclic) bond motifs is 2. The molecule has 83 valence electrons. The maximum atomic E-state index is 12.0. The third kappa shape index (κ3) is 1.61. The third-order valence-corrected chi connectivity index (χ3v) is 2.48. The van der Waals surface area contributed by atoms with E-state index in [0.717, 1.165) is 0 Å². The zero-order chi connectivity index (χ0) is 10.3. The summed E-state index contributed by atoms with van der Waals surface area (Å²) < 4.78 is 5.63. The standard InChI is InChI=1S/C13H8O2.Au/c14-13-9-5-1-3-7-11(9)15-12-8-4-2-6-10(12)13;/h1-8H;. The van der Waals surface area contributed by atoms with Crippen LogP contribution in [0.5, 0.6) is 0 Å². The predicted molar refractivity (Wildman–Crippen MR) is 60.0 cm³/mol. The summed E-state index contributed by atoms with van der Waals surface area (Å²) in [6.07, 6.45) is 0. The molecule has 0 saturated carbocycles. The second kappa shape index (κ2) is 4.26. The van der Waals surface area contributed by atoms with Gasteiger partial charge >= 0.3 is 0 Å². The molecule has 0 aliphatic rings. The maximum absolute atomic E-state index is 12.0. The van der Waals surface area contributed by atoms with Gasteiger partial charge in [-0.2, -0.15) is 0 Å². The summed E-state index contributed by atoms with van der Waals surface area (Å²) in [5.74, 6) is 0. The number of rotatable bonds is 0. The molecule has 0 amide bonds. The average Bonchev–Trinajstić information content (AvgIpc) is 2.30. The minimum absolute atomic E-state index is 0. The van der Waals surface area contributed by atoms with E-state index < -0.39 is 0 Å². The second-order valence-electron chi connectivity index (χ2n) is 3.42. The summed E-state index contributed by atoms with van der Waals surface area (Å²) in [5, 5.41) is 1.27. The van der Waals surface area contributed by atoms with Crippen molar-refractivity contribution in [2.24, 2.45) is 0 Å². The van der Waals surface area contributed by atoms with E-state index in [4.69, 9.17) is 4.42 Å². The Balaban J connectivity index is 0.000000963. The predicted octanol–water partition coefficient (Wildman–Crippen LogP) is 2.94. The van der Waals surface area contributed by atoms with Crippen molar-refractivity contribution < 1.29 is 26.8 Å². The van der Waals surface area contributed by atoms with Crippen LogP contribution in [0.3, 0.4) is 0 Å². The van der Waals surface area contributed by atoms with Gasteiger partial charge in [0.25, 0.3) is 0 Å². The van der Waals surface area contributed by atoms with Crippen LogP contribution in [0.4, 0.5) is 0 Å². The molecule has 0 bridgehead atoms. The fourth-order valence-electron chi connectivity index (χ4n) is 1.75. The second-order valence-corrected chi connectivity index (χ2v) is 3.42. The van der Waals surface area contributed by atoms with Crippen molar-refractivity contribution in [1.82, 2.24) is 0 Å². The monoisotopic (exact) mass is 393 g/mol. The number of para-hydroxylation sites is 2. The van der Waals surface area contributed by atoms with E-state index in [0.29, 0.717) is 21.9 Å². The van der Waals surface area contributed by atoms with Gasteiger partial charge in [0, 0.05) is 22.4 Å². The van der Waals surface area contributed by atoms with Gasteiger partial charge in [-0.25, -0.2) is 0 Å². The van der Waals surface area contributed by atoms with E-state index in [2.05, 4.69) is 0 Å². The molecule has 0 unspecified atom stereocenters. The van der Waals surface area contributed by atoms with Gasteiger partial charge in [0.15, 0.2) is 0 Å². The van der Waals surface area contributed by atoms with Crippen LogP contribution in [0.1, 0.15) is 0 Å². The number of benzene rings is 2. The Hall–Kier alpha value is -1.35. The summed E-state index contributed by atoms with van der Waals surface area (Å²) >= 11 is 0. The van der Waals surface area contributed by atoms with E-state index in [1.165, 1.54) is 0 Å². The van der Waals surface area contributed by atoms with Gasteiger partial charge in [-0.05, 0) is 24.3 Å². The zero-order valence-electron chi connectivity index (χ0n) is 8.24. The average molecular weight is 393 g/mol. The van der Waals surface area contributed by atoms with Gasteiger partial charge in [0.2, 0.25) is 5.43 Å². The Bertz CT molecular complexity index is 644. The van der Waals surface area contributed by atoms with Crippen LogP contribution >= 0.6 is 0 Å². The Kier molecular flexibility index (Phi) is 2.97. The molecule has 3 heteroatoms. The van der Waals surface area contributed by atoms with Crippen LogP contribution in [-0.4, -0.2) is 0 Å². The number of hydrogen-bond acceptors (Lipinski definition) is 2. The van der Waals surface area contributed by atoms with Crippen molar-refractivity contribution in [3.63, 3.8) is 0 Å². The fraction of sp³-hybridized carbons (Fsp3) is 0. The first-order valence-electron chi connectivity index (χ1n) is 4.77. The molecule has 1 radical (unpaired) electrons. The minimum Gasteiger partial charge on any atom is -0.456 e. The summed E-state index contributed by atoms with van der Waals surface area (Å²) in [7, 11) is 0. The first-order valence-corrected chi connectivity index (χ1v) is 4.77. The molecule has 0 saturated heterocycles. The number of hydrogen-bond donors (Lipinski definition) is 0. The molecule has 0 N–H and O–H groups in total. The van der Waals surface area contributed by atoms with Gasteiger partial charge in [0.05, 0.1) is 10.8 Å². The van der Waals surface area contributed by atoms with Crippen LogP contribution < -0.4 is 5.43 Å². The summed E-state index contributed by atoms with van der Waals surface area (Å²) in [4.78, 5) is 12.0. The van der Waals surface area contributed by atoms with Crippen LogP contribution in [0.15, 0.2) is 57.7 Å². The molecule has 1 heterocycles. The third-order valence-electron chi connectivity index (χ3n) is 2.48. The van der Waals surface area contributed by atoms with E-state index in [1.54, 1.807) is 12.1 Å². The Labute approximate surface area is 107 Å². The van der Waals surface area contributed by atoms with Crippen molar-refractivity contribution in [3.05, 3.63) is 58.8 Å². The molecule has 0 atom stereocenters. The molecule has 0 aliphatic carbocycles.